The highest BCUT2D eigenvalue weighted by atomic mass is 79.9. The van der Waals surface area contributed by atoms with Crippen LogP contribution >= 0.6 is 51.1 Å². The number of halogens is 3. The third-order valence-electron chi connectivity index (χ3n) is 3.20. The minimum atomic E-state index is -0.495. The van der Waals surface area contributed by atoms with Crippen LogP contribution in [0.3, 0.4) is 0 Å². The molecular weight excluding hydrogens is 449 g/mol. The molecule has 0 aliphatic heterocycles. The molecule has 0 saturated carbocycles. The lowest BCUT2D eigenvalue weighted by Crippen LogP contribution is -2.43. The summed E-state index contributed by atoms with van der Waals surface area (Å²) in [5.74, 6) is -0.955. The molecule has 4 nitrogen and oxygen atoms in total. The van der Waals surface area contributed by atoms with Crippen molar-refractivity contribution in [1.29, 1.82) is 0 Å². The second kappa shape index (κ2) is 7.65. The summed E-state index contributed by atoms with van der Waals surface area (Å²) in [4.78, 5) is 12.5. The molecule has 0 spiro atoms. The van der Waals surface area contributed by atoms with Gasteiger partial charge in [0.2, 0.25) is 0 Å². The highest BCUT2D eigenvalue weighted by Gasteiger charge is 2.19. The van der Waals surface area contributed by atoms with Crippen LogP contribution in [-0.2, 0) is 0 Å². The second-order valence-electron chi connectivity index (χ2n) is 4.90. The second-order valence-corrected chi connectivity index (χ2v) is 7.65. The lowest BCUT2D eigenvalue weighted by Gasteiger charge is -2.11. The van der Waals surface area contributed by atoms with Gasteiger partial charge in [-0.15, -0.1) is 11.3 Å². The van der Waals surface area contributed by atoms with Crippen LogP contribution in [0.5, 0.6) is 0 Å². The van der Waals surface area contributed by atoms with Crippen LogP contribution in [0.15, 0.2) is 46.9 Å². The summed E-state index contributed by atoms with van der Waals surface area (Å²) >= 11 is 15.7. The zero-order valence-corrected chi connectivity index (χ0v) is 16.4. The van der Waals surface area contributed by atoms with Gasteiger partial charge >= 0.3 is 0 Å². The largest absolute Gasteiger partial charge is 0.331 e. The van der Waals surface area contributed by atoms with E-state index in [0.717, 1.165) is 21.5 Å². The summed E-state index contributed by atoms with van der Waals surface area (Å²) in [5, 5.41) is 3.46. The monoisotopic (exact) mass is 457 g/mol. The molecule has 1 aromatic heterocycles. The maximum Gasteiger partial charge on any atom is 0.281 e. The molecule has 9 heteroatoms. The number of hydrazine groups is 1. The van der Waals surface area contributed by atoms with E-state index >= 15 is 0 Å². The molecule has 3 rings (SSSR count). The smallest absolute Gasteiger partial charge is 0.281 e. The first-order chi connectivity index (χ1) is 12.0. The van der Waals surface area contributed by atoms with Gasteiger partial charge in [0, 0.05) is 20.2 Å². The Morgan fingerprint density at radius 3 is 2.56 bits per heavy atom. The van der Waals surface area contributed by atoms with E-state index in [4.69, 9.17) is 23.8 Å². The van der Waals surface area contributed by atoms with Gasteiger partial charge in [0.05, 0.1) is 5.02 Å². The van der Waals surface area contributed by atoms with Crippen molar-refractivity contribution in [2.75, 3.05) is 5.32 Å². The summed E-state index contributed by atoms with van der Waals surface area (Å²) < 4.78 is 15.4. The van der Waals surface area contributed by atoms with E-state index in [0.29, 0.717) is 4.70 Å². The molecular formula is C16H10BrClFN3OS2. The minimum Gasteiger partial charge on any atom is -0.331 e. The van der Waals surface area contributed by atoms with Gasteiger partial charge in [-0.25, -0.2) is 4.39 Å². The third-order valence-corrected chi connectivity index (χ3v) is 5.58. The lowest BCUT2D eigenvalue weighted by molar-refractivity contribution is 0.0948. The molecule has 1 amide bonds. The molecule has 2 aromatic carbocycles. The first-order valence-corrected chi connectivity index (χ1v) is 9.34. The van der Waals surface area contributed by atoms with Crippen LogP contribution in [-0.4, -0.2) is 11.0 Å². The van der Waals surface area contributed by atoms with Crippen LogP contribution in [0.25, 0.3) is 10.1 Å². The number of thiocarbonyl (C=S) groups is 1. The first kappa shape index (κ1) is 18.1. The van der Waals surface area contributed by atoms with E-state index in [1.54, 1.807) is 12.1 Å². The number of hydrogen-bond donors (Lipinski definition) is 3. The van der Waals surface area contributed by atoms with Gasteiger partial charge in [0.15, 0.2) is 5.11 Å². The first-order valence-electron chi connectivity index (χ1n) is 6.95. The number of thiophene rings is 1. The third kappa shape index (κ3) is 4.09. The quantitative estimate of drug-likeness (QED) is 0.370. The number of nitrogens with one attached hydrogen (secondary N) is 3. The fourth-order valence-corrected chi connectivity index (χ4v) is 3.97. The Bertz CT molecular complexity index is 962. The van der Waals surface area contributed by atoms with E-state index in [-0.39, 0.29) is 20.4 Å². The summed E-state index contributed by atoms with van der Waals surface area (Å²) in [6.07, 6.45) is 0. The zero-order chi connectivity index (χ0) is 18.0. The van der Waals surface area contributed by atoms with Crippen molar-refractivity contribution in [1.82, 2.24) is 10.9 Å². The number of hydrogen-bond acceptors (Lipinski definition) is 3. The van der Waals surface area contributed by atoms with Crippen molar-refractivity contribution >= 4 is 77.9 Å². The van der Waals surface area contributed by atoms with Crippen molar-refractivity contribution < 1.29 is 9.18 Å². The van der Waals surface area contributed by atoms with Gasteiger partial charge in [-0.2, -0.15) is 0 Å². The van der Waals surface area contributed by atoms with Crippen LogP contribution in [0.1, 0.15) is 9.67 Å². The number of carbonyl (C=O) groups is 1. The molecule has 25 heavy (non-hydrogen) atoms. The molecule has 3 aromatic rings. The Labute approximate surface area is 165 Å². The molecule has 3 N–H and O–H groups in total. The van der Waals surface area contributed by atoms with Gasteiger partial charge in [-0.1, -0.05) is 33.6 Å². The summed E-state index contributed by atoms with van der Waals surface area (Å²) in [7, 11) is 0. The molecule has 0 unspecified atom stereocenters. The molecule has 0 aliphatic carbocycles. The average Bonchev–Trinajstić information content (AvgIpc) is 2.93. The number of benzene rings is 2. The van der Waals surface area contributed by atoms with E-state index in [1.165, 1.54) is 6.07 Å². The van der Waals surface area contributed by atoms with E-state index in [1.807, 2.05) is 24.3 Å². The molecule has 0 aliphatic rings. The molecule has 128 valence electrons. The Kier molecular flexibility index (Phi) is 5.53. The van der Waals surface area contributed by atoms with Crippen molar-refractivity contribution in [2.45, 2.75) is 0 Å². The Morgan fingerprint density at radius 2 is 1.88 bits per heavy atom. The van der Waals surface area contributed by atoms with Gasteiger partial charge in [0.1, 0.15) is 10.7 Å². The van der Waals surface area contributed by atoms with Crippen LogP contribution in [0.2, 0.25) is 5.02 Å². The number of amides is 1. The Morgan fingerprint density at radius 1 is 1.16 bits per heavy atom. The fraction of sp³-hybridized carbons (Fsp3) is 0. The van der Waals surface area contributed by atoms with Crippen molar-refractivity contribution in [3.63, 3.8) is 0 Å². The predicted octanol–water partition coefficient (Wildman–Crippen LogP) is 5.09. The standard InChI is InChI=1S/C16H10BrClFN3OS2/c17-8-4-6-9(7-5-8)20-16(24)22-21-15(23)14-13(18)12-10(19)2-1-3-11(12)25-14/h1-7H,(H,21,23)(H2,20,22,24). The van der Waals surface area contributed by atoms with E-state index < -0.39 is 11.7 Å². The van der Waals surface area contributed by atoms with Crippen molar-refractivity contribution in [2.24, 2.45) is 0 Å². The highest BCUT2D eigenvalue weighted by molar-refractivity contribution is 9.10. The molecule has 0 radical (unpaired) electrons. The topological polar surface area (TPSA) is 53.2 Å². The number of carbonyl (C=O) groups excluding carboxylic acids is 1. The van der Waals surface area contributed by atoms with E-state index in [9.17, 15) is 9.18 Å². The van der Waals surface area contributed by atoms with Gasteiger partial charge in [-0.3, -0.25) is 15.6 Å². The number of anilines is 1. The van der Waals surface area contributed by atoms with Gasteiger partial charge < -0.3 is 5.32 Å². The van der Waals surface area contributed by atoms with Crippen LogP contribution in [0, 0.1) is 5.82 Å². The molecule has 1 heterocycles. The Balaban J connectivity index is 1.66. The van der Waals surface area contributed by atoms with Crippen LogP contribution in [0.4, 0.5) is 10.1 Å². The summed E-state index contributed by atoms with van der Waals surface area (Å²) in [5.41, 5.74) is 5.81. The fourth-order valence-electron chi connectivity index (χ4n) is 2.08. The maximum atomic E-state index is 13.8. The van der Waals surface area contributed by atoms with Gasteiger partial charge in [0.25, 0.3) is 5.91 Å². The number of fused-ring (bicyclic) bond motifs is 1. The summed E-state index contributed by atoms with van der Waals surface area (Å²) in [6.45, 7) is 0. The van der Waals surface area contributed by atoms with E-state index in [2.05, 4.69) is 32.1 Å². The minimum absolute atomic E-state index is 0.0872. The Hall–Kier alpha value is -1.74. The molecule has 0 saturated heterocycles. The summed E-state index contributed by atoms with van der Waals surface area (Å²) in [6, 6.07) is 11.9. The maximum absolute atomic E-state index is 13.8. The van der Waals surface area contributed by atoms with Crippen molar-refractivity contribution in [3.8, 4) is 0 Å². The average molecular weight is 459 g/mol. The number of rotatable bonds is 2. The lowest BCUT2D eigenvalue weighted by atomic mass is 10.2. The van der Waals surface area contributed by atoms with Crippen LogP contribution < -0.4 is 16.2 Å². The van der Waals surface area contributed by atoms with Crippen molar-refractivity contribution in [3.05, 3.63) is 62.7 Å². The zero-order valence-electron chi connectivity index (χ0n) is 12.4. The SMILES string of the molecule is O=C(NNC(=S)Nc1ccc(Br)cc1)c1sc2cccc(F)c2c1Cl. The normalized spacial score (nSPS) is 10.5. The van der Waals surface area contributed by atoms with Gasteiger partial charge in [-0.05, 0) is 48.6 Å². The molecule has 0 atom stereocenters. The predicted molar refractivity (Wildman–Crippen MR) is 108 cm³/mol. The molecule has 0 bridgehead atoms. The highest BCUT2D eigenvalue weighted by Crippen LogP contribution is 2.36. The molecule has 0 fully saturated rings.